The Balaban J connectivity index is 1.29. The topological polar surface area (TPSA) is 46.6 Å². The van der Waals surface area contributed by atoms with Gasteiger partial charge in [-0.25, -0.2) is 0 Å². The maximum absolute atomic E-state index is 7.85. The lowest BCUT2D eigenvalue weighted by atomic mass is 9.71. The molecule has 0 saturated carbocycles. The van der Waals surface area contributed by atoms with Gasteiger partial charge in [0, 0.05) is 78.1 Å². The van der Waals surface area contributed by atoms with Crippen molar-refractivity contribution in [2.75, 3.05) is 87.5 Å². The molecule has 58 heavy (non-hydrogen) atoms. The van der Waals surface area contributed by atoms with Crippen LogP contribution in [0.15, 0.2) is 91.0 Å². The number of nitrogens with zero attached hydrogens (tertiary/aromatic N) is 3. The van der Waals surface area contributed by atoms with Crippen LogP contribution in [0.2, 0.25) is 0 Å². The zero-order chi connectivity index (χ0) is 39.9. The summed E-state index contributed by atoms with van der Waals surface area (Å²) in [5.74, 6) is 1.78. The summed E-state index contributed by atoms with van der Waals surface area (Å²) >= 11 is 0. The summed E-state index contributed by atoms with van der Waals surface area (Å²) in [4.78, 5) is 7.34. The highest BCUT2D eigenvalue weighted by Gasteiger charge is 2.47. The van der Waals surface area contributed by atoms with Gasteiger partial charge in [-0.15, -0.1) is 0 Å². The Labute approximate surface area is 345 Å². The van der Waals surface area contributed by atoms with E-state index in [1.807, 2.05) is 0 Å². The van der Waals surface area contributed by atoms with Gasteiger partial charge in [0.15, 0.2) is 5.60 Å². The Morgan fingerprint density at radius 1 is 0.707 bits per heavy atom. The van der Waals surface area contributed by atoms with E-state index in [0.717, 1.165) is 112 Å². The van der Waals surface area contributed by atoms with Crippen molar-refractivity contribution in [2.24, 2.45) is 0 Å². The van der Waals surface area contributed by atoms with E-state index < -0.39 is 5.60 Å². The highest BCUT2D eigenvalue weighted by molar-refractivity contribution is 6.10. The van der Waals surface area contributed by atoms with E-state index in [0.29, 0.717) is 13.2 Å². The van der Waals surface area contributed by atoms with Crippen molar-refractivity contribution in [1.29, 1.82) is 0 Å². The number of hydrogen-bond donors (Lipinski definition) is 0. The van der Waals surface area contributed by atoms with Crippen LogP contribution in [0.1, 0.15) is 81.2 Å². The molecule has 1 atom stereocenters. The van der Waals surface area contributed by atoms with Crippen LogP contribution in [0.3, 0.4) is 0 Å². The number of morpholine rings is 2. The van der Waals surface area contributed by atoms with Crippen LogP contribution >= 0.6 is 0 Å². The fourth-order valence-electron chi connectivity index (χ4n) is 10.4. The number of hydrogen-bond acceptors (Lipinski definition) is 7. The van der Waals surface area contributed by atoms with Gasteiger partial charge in [0.2, 0.25) is 0 Å². The number of fused-ring (bicyclic) bond motifs is 8. The van der Waals surface area contributed by atoms with Crippen LogP contribution in [0.4, 0.5) is 17.1 Å². The fourth-order valence-corrected chi connectivity index (χ4v) is 10.4. The molecule has 9 rings (SSSR count). The van der Waals surface area contributed by atoms with Crippen LogP contribution in [0, 0.1) is 0 Å². The predicted molar refractivity (Wildman–Crippen MR) is 239 cm³/mol. The summed E-state index contributed by atoms with van der Waals surface area (Å²) in [6.07, 6.45) is 8.95. The lowest BCUT2D eigenvalue weighted by Crippen LogP contribution is -2.37. The second-order valence-electron chi connectivity index (χ2n) is 16.3. The molecular formula is C51H59N3O4. The summed E-state index contributed by atoms with van der Waals surface area (Å²) in [5.41, 5.74) is 11.4. The number of anilines is 3. The maximum Gasteiger partial charge on any atom is 0.178 e. The summed E-state index contributed by atoms with van der Waals surface area (Å²) < 4.78 is 25.6. The summed E-state index contributed by atoms with van der Waals surface area (Å²) in [6.45, 7) is 17.7. The minimum Gasteiger partial charge on any atom is -0.495 e. The molecule has 7 nitrogen and oxygen atoms in total. The summed E-state index contributed by atoms with van der Waals surface area (Å²) in [5, 5.41) is 2.29. The largest absolute Gasteiger partial charge is 0.495 e. The van der Waals surface area contributed by atoms with Gasteiger partial charge in [0.1, 0.15) is 11.5 Å². The van der Waals surface area contributed by atoms with Crippen LogP contribution in [-0.4, -0.2) is 72.8 Å². The Bertz CT molecular complexity index is 2280. The molecule has 5 aromatic carbocycles. The van der Waals surface area contributed by atoms with Crippen molar-refractivity contribution in [3.63, 3.8) is 0 Å². The second kappa shape index (κ2) is 16.0. The van der Waals surface area contributed by atoms with E-state index in [1.54, 1.807) is 7.11 Å². The van der Waals surface area contributed by atoms with Gasteiger partial charge in [-0.2, -0.15) is 0 Å². The van der Waals surface area contributed by atoms with Crippen LogP contribution < -0.4 is 24.2 Å². The minimum atomic E-state index is -0.876. The molecule has 0 amide bonds. The average molecular weight is 778 g/mol. The lowest BCUT2D eigenvalue weighted by molar-refractivity contribution is 0.122. The molecule has 0 bridgehead atoms. The van der Waals surface area contributed by atoms with Gasteiger partial charge in [-0.3, -0.25) is 0 Å². The van der Waals surface area contributed by atoms with E-state index in [9.17, 15) is 0 Å². The third-order valence-electron chi connectivity index (χ3n) is 13.4. The predicted octanol–water partition coefficient (Wildman–Crippen LogP) is 10.6. The van der Waals surface area contributed by atoms with Gasteiger partial charge in [0.05, 0.1) is 39.2 Å². The fraction of sp³-hybridized carbons (Fsp3) is 0.412. The Kier molecular flexibility index (Phi) is 10.6. The van der Waals surface area contributed by atoms with Crippen molar-refractivity contribution in [2.45, 2.75) is 64.4 Å². The Hall–Kier alpha value is -4.98. The third kappa shape index (κ3) is 6.24. The van der Waals surface area contributed by atoms with Crippen molar-refractivity contribution < 1.29 is 18.9 Å². The van der Waals surface area contributed by atoms with Crippen LogP contribution in [-0.2, 0) is 20.5 Å². The van der Waals surface area contributed by atoms with Crippen molar-refractivity contribution in [3.8, 4) is 22.6 Å². The Morgan fingerprint density at radius 2 is 1.33 bits per heavy atom. The van der Waals surface area contributed by atoms with Crippen LogP contribution in [0.5, 0.6) is 11.5 Å². The highest BCUT2D eigenvalue weighted by Crippen LogP contribution is 2.61. The van der Waals surface area contributed by atoms with Gasteiger partial charge < -0.3 is 33.6 Å². The number of benzene rings is 5. The number of methoxy groups -OCH3 is 1. The maximum atomic E-state index is 7.85. The summed E-state index contributed by atoms with van der Waals surface area (Å²) in [7, 11) is 1.79. The van der Waals surface area contributed by atoms with Crippen LogP contribution in [0.25, 0.3) is 28.0 Å². The first-order valence-corrected chi connectivity index (χ1v) is 21.8. The molecule has 3 heterocycles. The van der Waals surface area contributed by atoms with Gasteiger partial charge in [0.25, 0.3) is 0 Å². The average Bonchev–Trinajstić information content (AvgIpc) is 3.60. The van der Waals surface area contributed by atoms with E-state index >= 15 is 0 Å². The molecule has 0 N–H and O–H groups in total. The molecule has 302 valence electrons. The quantitative estimate of drug-likeness (QED) is 0.125. The van der Waals surface area contributed by atoms with Gasteiger partial charge in [-0.1, -0.05) is 82.3 Å². The van der Waals surface area contributed by atoms with E-state index in [1.165, 1.54) is 44.6 Å². The smallest absolute Gasteiger partial charge is 0.178 e. The number of rotatable bonds is 12. The zero-order valence-corrected chi connectivity index (χ0v) is 35.1. The van der Waals surface area contributed by atoms with Crippen molar-refractivity contribution >= 4 is 33.9 Å². The third-order valence-corrected chi connectivity index (χ3v) is 13.4. The standard InChI is InChI=1S/C51H59N3O4/c1-6-24-52(25-7-2)38-18-14-36(15-19-38)51(37-16-20-39(21-17-37)53-26-30-56-31-27-53)23-22-41-48-47(40-12-10-11-13-44(40)50(48,8-3)9-4)42-34-45(54-28-32-57-33-29-54)46(55-5)35-43(42)49(41)58-51/h10-23,34-35H,6-9,24-33H2,1-5H3. The number of ether oxygens (including phenoxy) is 4. The monoisotopic (exact) mass is 777 g/mol. The SMILES string of the molecule is CCCN(CCC)c1ccc(C2(c3ccc(N4CCOCC4)cc3)C=Cc3c4c(c5cc(N6CCOCC6)c(OC)cc5c3O2)-c2ccccc2C4(CC)CC)cc1. The summed E-state index contributed by atoms with van der Waals surface area (Å²) in [6, 6.07) is 32.0. The molecule has 3 aliphatic heterocycles. The Morgan fingerprint density at radius 3 is 1.95 bits per heavy atom. The molecule has 5 aromatic rings. The highest BCUT2D eigenvalue weighted by atomic mass is 16.5. The molecule has 2 fully saturated rings. The molecule has 7 heteroatoms. The first kappa shape index (κ1) is 38.5. The molecule has 2 saturated heterocycles. The molecule has 0 aromatic heterocycles. The first-order chi connectivity index (χ1) is 28.5. The molecule has 4 aliphatic rings. The molecule has 0 radical (unpaired) electrons. The second-order valence-corrected chi connectivity index (χ2v) is 16.3. The van der Waals surface area contributed by atoms with E-state index in [-0.39, 0.29) is 5.41 Å². The molecule has 0 spiro atoms. The lowest BCUT2D eigenvalue weighted by Gasteiger charge is -2.40. The normalized spacial score (nSPS) is 19.4. The van der Waals surface area contributed by atoms with E-state index in [4.69, 9.17) is 18.9 Å². The van der Waals surface area contributed by atoms with Crippen molar-refractivity contribution in [3.05, 3.63) is 119 Å². The molecule has 1 unspecified atom stereocenters. The molecule has 1 aliphatic carbocycles. The van der Waals surface area contributed by atoms with E-state index in [2.05, 4.69) is 139 Å². The minimum absolute atomic E-state index is 0.152. The van der Waals surface area contributed by atoms with Gasteiger partial charge in [-0.05, 0) is 95.8 Å². The van der Waals surface area contributed by atoms with Crippen molar-refractivity contribution in [1.82, 2.24) is 0 Å². The first-order valence-electron chi connectivity index (χ1n) is 21.8. The van der Waals surface area contributed by atoms with Gasteiger partial charge >= 0.3 is 0 Å². The molecular weight excluding hydrogens is 719 g/mol. The zero-order valence-electron chi connectivity index (χ0n) is 35.1.